The van der Waals surface area contributed by atoms with Crippen LogP contribution in [-0.4, -0.2) is 36.8 Å². The maximum Gasteiger partial charge on any atom is 0.243 e. The molecule has 0 spiro atoms. The van der Waals surface area contributed by atoms with Gasteiger partial charge in [0, 0.05) is 19.0 Å². The summed E-state index contributed by atoms with van der Waals surface area (Å²) in [6.07, 6.45) is 6.64. The molecule has 132 valence electrons. The molecule has 1 saturated heterocycles. The van der Waals surface area contributed by atoms with E-state index in [0.717, 1.165) is 44.9 Å². The Bertz CT molecular complexity index is 705. The van der Waals surface area contributed by atoms with Crippen molar-refractivity contribution in [2.75, 3.05) is 18.4 Å². The summed E-state index contributed by atoms with van der Waals surface area (Å²) >= 11 is 0. The Balaban J connectivity index is 1.79. The number of carbonyl (C=O) groups excluding carboxylic acids is 1. The summed E-state index contributed by atoms with van der Waals surface area (Å²) in [5.74, 6) is -0.308. The fourth-order valence-electron chi connectivity index (χ4n) is 3.45. The number of hydrogen-bond acceptors (Lipinski definition) is 4. The van der Waals surface area contributed by atoms with E-state index in [9.17, 15) is 18.3 Å². The lowest BCUT2D eigenvalue weighted by Crippen LogP contribution is -2.28. The molecule has 1 aliphatic heterocycles. The number of carbonyl (C=O) groups is 1. The molecule has 1 heterocycles. The number of aromatic hydroxyl groups is 1. The van der Waals surface area contributed by atoms with Crippen molar-refractivity contribution in [3.63, 3.8) is 0 Å². The maximum atomic E-state index is 12.6. The molecule has 0 atom stereocenters. The molecule has 2 aliphatic rings. The first-order valence-electron chi connectivity index (χ1n) is 8.62. The predicted octanol–water partition coefficient (Wildman–Crippen LogP) is 2.70. The summed E-state index contributed by atoms with van der Waals surface area (Å²) in [4.78, 5) is 12.5. The zero-order valence-electron chi connectivity index (χ0n) is 13.7. The third kappa shape index (κ3) is 3.57. The summed E-state index contributed by atoms with van der Waals surface area (Å²) in [5, 5.41) is 12.7. The predicted molar refractivity (Wildman–Crippen MR) is 91.3 cm³/mol. The fourth-order valence-corrected chi connectivity index (χ4v) is 5.00. The first kappa shape index (κ1) is 17.2. The summed E-state index contributed by atoms with van der Waals surface area (Å²) in [6, 6.07) is 4.09. The molecule has 0 unspecified atom stereocenters. The molecule has 1 saturated carbocycles. The van der Waals surface area contributed by atoms with Gasteiger partial charge in [0.05, 0.1) is 10.6 Å². The Morgan fingerprint density at radius 2 is 1.75 bits per heavy atom. The number of sulfonamides is 1. The molecule has 24 heavy (non-hydrogen) atoms. The Hall–Kier alpha value is -1.60. The van der Waals surface area contributed by atoms with Crippen LogP contribution in [0.15, 0.2) is 23.1 Å². The molecule has 0 radical (unpaired) electrons. The van der Waals surface area contributed by atoms with Crippen LogP contribution >= 0.6 is 0 Å². The van der Waals surface area contributed by atoms with Crippen molar-refractivity contribution < 1.29 is 18.3 Å². The number of phenols is 1. The second-order valence-corrected chi connectivity index (χ2v) is 8.55. The van der Waals surface area contributed by atoms with E-state index in [4.69, 9.17) is 0 Å². The van der Waals surface area contributed by atoms with Gasteiger partial charge < -0.3 is 10.4 Å². The van der Waals surface area contributed by atoms with Crippen molar-refractivity contribution in [3.05, 3.63) is 18.2 Å². The van der Waals surface area contributed by atoms with Gasteiger partial charge in [0.25, 0.3) is 0 Å². The number of nitrogens with one attached hydrogen (secondary N) is 1. The van der Waals surface area contributed by atoms with Gasteiger partial charge in [0.15, 0.2) is 0 Å². The number of amides is 1. The minimum atomic E-state index is -3.57. The molecule has 6 nitrogen and oxygen atoms in total. The van der Waals surface area contributed by atoms with E-state index in [1.807, 2.05) is 0 Å². The molecule has 0 bridgehead atoms. The van der Waals surface area contributed by atoms with E-state index in [2.05, 4.69) is 5.32 Å². The van der Waals surface area contributed by atoms with Crippen LogP contribution in [0.25, 0.3) is 0 Å². The van der Waals surface area contributed by atoms with Gasteiger partial charge in [0.1, 0.15) is 5.75 Å². The van der Waals surface area contributed by atoms with E-state index < -0.39 is 10.0 Å². The van der Waals surface area contributed by atoms with Gasteiger partial charge in [-0.2, -0.15) is 4.31 Å². The first-order chi connectivity index (χ1) is 11.5. The topological polar surface area (TPSA) is 86.7 Å². The second-order valence-electron chi connectivity index (χ2n) is 6.61. The van der Waals surface area contributed by atoms with Crippen molar-refractivity contribution in [2.24, 2.45) is 5.92 Å². The van der Waals surface area contributed by atoms with Gasteiger partial charge in [-0.15, -0.1) is 0 Å². The zero-order valence-corrected chi connectivity index (χ0v) is 14.5. The van der Waals surface area contributed by atoms with E-state index in [1.54, 1.807) is 0 Å². The largest absolute Gasteiger partial charge is 0.506 e. The Morgan fingerprint density at radius 3 is 2.42 bits per heavy atom. The molecule has 1 aliphatic carbocycles. The van der Waals surface area contributed by atoms with Gasteiger partial charge in [0.2, 0.25) is 15.9 Å². The Kier molecular flexibility index (Phi) is 5.10. The molecular weight excluding hydrogens is 328 g/mol. The number of benzene rings is 1. The summed E-state index contributed by atoms with van der Waals surface area (Å²) < 4.78 is 26.7. The average Bonchev–Trinajstić information content (AvgIpc) is 3.13. The quantitative estimate of drug-likeness (QED) is 0.816. The van der Waals surface area contributed by atoms with Gasteiger partial charge in [-0.05, 0) is 43.9 Å². The van der Waals surface area contributed by atoms with Gasteiger partial charge >= 0.3 is 0 Å². The number of nitrogens with zero attached hydrogens (tertiary/aromatic N) is 1. The average molecular weight is 352 g/mol. The molecule has 7 heteroatoms. The van der Waals surface area contributed by atoms with Crippen LogP contribution in [0, 0.1) is 5.92 Å². The summed E-state index contributed by atoms with van der Waals surface area (Å²) in [7, 11) is -3.57. The number of phenolic OH excluding ortho intramolecular Hbond substituents is 1. The highest BCUT2D eigenvalue weighted by Gasteiger charge is 2.28. The van der Waals surface area contributed by atoms with Crippen LogP contribution < -0.4 is 5.32 Å². The van der Waals surface area contributed by atoms with Crippen molar-refractivity contribution in [2.45, 2.75) is 49.8 Å². The smallest absolute Gasteiger partial charge is 0.243 e. The molecule has 1 aromatic carbocycles. The van der Waals surface area contributed by atoms with Gasteiger partial charge in [-0.25, -0.2) is 8.42 Å². The van der Waals surface area contributed by atoms with E-state index in [-0.39, 0.29) is 28.2 Å². The van der Waals surface area contributed by atoms with E-state index >= 15 is 0 Å². The van der Waals surface area contributed by atoms with Gasteiger partial charge in [-0.3, -0.25) is 4.79 Å². The zero-order chi connectivity index (χ0) is 17.2. The van der Waals surface area contributed by atoms with Crippen molar-refractivity contribution >= 4 is 21.6 Å². The van der Waals surface area contributed by atoms with Crippen LogP contribution in [-0.2, 0) is 14.8 Å². The number of rotatable bonds is 4. The highest BCUT2D eigenvalue weighted by atomic mass is 32.2. The molecule has 1 aromatic rings. The third-order valence-corrected chi connectivity index (χ3v) is 6.80. The van der Waals surface area contributed by atoms with E-state index in [1.165, 1.54) is 22.5 Å². The molecule has 0 aromatic heterocycles. The van der Waals surface area contributed by atoms with Crippen LogP contribution in [0.4, 0.5) is 5.69 Å². The summed E-state index contributed by atoms with van der Waals surface area (Å²) in [6.45, 7) is 1.04. The normalized spacial score (nSPS) is 20.2. The number of anilines is 1. The van der Waals surface area contributed by atoms with Crippen LogP contribution in [0.1, 0.15) is 44.9 Å². The van der Waals surface area contributed by atoms with Crippen molar-refractivity contribution in [1.29, 1.82) is 0 Å². The van der Waals surface area contributed by atoms with Crippen molar-refractivity contribution in [1.82, 2.24) is 4.31 Å². The lowest BCUT2D eigenvalue weighted by molar-refractivity contribution is -0.120. The standard InChI is InChI=1S/C17H24N2O4S/c20-16-9-8-14(24(22,23)19-10-4-5-11-19)12-15(16)18-17(21)13-6-2-1-3-7-13/h8-9,12-13,20H,1-7,10-11H2,(H,18,21). The van der Waals surface area contributed by atoms with Gasteiger partial charge in [-0.1, -0.05) is 19.3 Å². The van der Waals surface area contributed by atoms with E-state index in [0.29, 0.717) is 13.1 Å². The molecular formula is C17H24N2O4S. The third-order valence-electron chi connectivity index (χ3n) is 4.90. The SMILES string of the molecule is O=C(Nc1cc(S(=O)(=O)N2CCCC2)ccc1O)C1CCCCC1. The van der Waals surface area contributed by atoms with Crippen LogP contribution in [0.5, 0.6) is 5.75 Å². The highest BCUT2D eigenvalue weighted by molar-refractivity contribution is 7.89. The molecule has 1 amide bonds. The lowest BCUT2D eigenvalue weighted by Gasteiger charge is -2.21. The fraction of sp³-hybridized carbons (Fsp3) is 0.588. The van der Waals surface area contributed by atoms with Crippen LogP contribution in [0.2, 0.25) is 0 Å². The molecule has 2 N–H and O–H groups in total. The second kappa shape index (κ2) is 7.11. The Labute approximate surface area is 142 Å². The highest BCUT2D eigenvalue weighted by Crippen LogP contribution is 2.31. The molecule has 3 rings (SSSR count). The minimum Gasteiger partial charge on any atom is -0.506 e. The number of hydrogen-bond donors (Lipinski definition) is 2. The molecule has 2 fully saturated rings. The summed E-state index contributed by atoms with van der Waals surface area (Å²) in [5.41, 5.74) is 0.172. The maximum absolute atomic E-state index is 12.6. The lowest BCUT2D eigenvalue weighted by atomic mass is 9.88. The minimum absolute atomic E-state index is 0.0583. The van der Waals surface area contributed by atoms with Crippen LogP contribution in [0.3, 0.4) is 0 Å². The van der Waals surface area contributed by atoms with Crippen molar-refractivity contribution in [3.8, 4) is 5.75 Å². The first-order valence-corrected chi connectivity index (χ1v) is 10.1. The monoisotopic (exact) mass is 352 g/mol. The Morgan fingerprint density at radius 1 is 1.08 bits per heavy atom.